The van der Waals surface area contributed by atoms with E-state index in [2.05, 4.69) is 17.2 Å². The zero-order valence-electron chi connectivity index (χ0n) is 7.77. The van der Waals surface area contributed by atoms with Crippen LogP contribution in [0.1, 0.15) is 24.7 Å². The van der Waals surface area contributed by atoms with Gasteiger partial charge in [-0.25, -0.2) is 4.68 Å². The second kappa shape index (κ2) is 4.94. The van der Waals surface area contributed by atoms with Crippen molar-refractivity contribution in [3.05, 3.63) is 11.4 Å². The predicted octanol–water partition coefficient (Wildman–Crippen LogP) is -0.285. The number of nitrogens with zero attached hydrogens (tertiary/aromatic N) is 3. The van der Waals surface area contributed by atoms with Crippen molar-refractivity contribution < 1.29 is 10.2 Å². The third-order valence-corrected chi connectivity index (χ3v) is 1.87. The van der Waals surface area contributed by atoms with E-state index < -0.39 is 0 Å². The van der Waals surface area contributed by atoms with Crippen LogP contribution < -0.4 is 0 Å². The van der Waals surface area contributed by atoms with Crippen LogP contribution in [-0.2, 0) is 19.6 Å². The maximum atomic E-state index is 8.95. The van der Waals surface area contributed by atoms with E-state index in [9.17, 15) is 0 Å². The highest BCUT2D eigenvalue weighted by Gasteiger charge is 2.09. The van der Waals surface area contributed by atoms with Crippen LogP contribution in [0.3, 0.4) is 0 Å². The zero-order chi connectivity index (χ0) is 9.68. The second-order valence-corrected chi connectivity index (χ2v) is 2.84. The summed E-state index contributed by atoms with van der Waals surface area (Å²) in [5.41, 5.74) is 1.55. The Bertz CT molecular complexity index is 260. The van der Waals surface area contributed by atoms with Crippen molar-refractivity contribution in [2.24, 2.45) is 0 Å². The van der Waals surface area contributed by atoms with Crippen molar-refractivity contribution in [2.75, 3.05) is 6.61 Å². The Labute approximate surface area is 77.0 Å². The molecule has 0 saturated carbocycles. The first kappa shape index (κ1) is 10.1. The van der Waals surface area contributed by atoms with E-state index in [1.54, 1.807) is 4.68 Å². The smallest absolute Gasteiger partial charge is 0.111 e. The van der Waals surface area contributed by atoms with Crippen molar-refractivity contribution in [2.45, 2.75) is 32.9 Å². The lowest BCUT2D eigenvalue weighted by Gasteiger charge is -2.03. The Balaban J connectivity index is 2.85. The Morgan fingerprint density at radius 2 is 2.15 bits per heavy atom. The monoisotopic (exact) mass is 185 g/mol. The Kier molecular flexibility index (Phi) is 3.85. The van der Waals surface area contributed by atoms with Gasteiger partial charge < -0.3 is 10.2 Å². The number of hydrogen-bond donors (Lipinski definition) is 2. The average molecular weight is 185 g/mol. The molecule has 13 heavy (non-hydrogen) atoms. The third kappa shape index (κ3) is 2.26. The molecule has 74 valence electrons. The van der Waals surface area contributed by atoms with Gasteiger partial charge in [0.2, 0.25) is 0 Å². The molecular weight excluding hydrogens is 170 g/mol. The van der Waals surface area contributed by atoms with Crippen molar-refractivity contribution in [1.82, 2.24) is 15.0 Å². The lowest BCUT2D eigenvalue weighted by Crippen LogP contribution is -2.09. The number of aromatic nitrogens is 3. The molecule has 0 bridgehead atoms. The first-order valence-corrected chi connectivity index (χ1v) is 4.46. The minimum Gasteiger partial charge on any atom is -0.394 e. The van der Waals surface area contributed by atoms with Gasteiger partial charge in [0.1, 0.15) is 5.69 Å². The lowest BCUT2D eigenvalue weighted by atomic mass is 10.2. The molecule has 0 aliphatic carbocycles. The first-order chi connectivity index (χ1) is 6.33. The Morgan fingerprint density at radius 1 is 1.38 bits per heavy atom. The van der Waals surface area contributed by atoms with Gasteiger partial charge in [-0.05, 0) is 6.42 Å². The summed E-state index contributed by atoms with van der Waals surface area (Å²) in [5, 5.41) is 25.4. The van der Waals surface area contributed by atoms with Gasteiger partial charge >= 0.3 is 0 Å². The quantitative estimate of drug-likeness (QED) is 0.661. The van der Waals surface area contributed by atoms with E-state index in [0.29, 0.717) is 12.2 Å². The third-order valence-electron chi connectivity index (χ3n) is 1.87. The molecule has 1 aromatic heterocycles. The Morgan fingerprint density at radius 3 is 2.69 bits per heavy atom. The van der Waals surface area contributed by atoms with Crippen LogP contribution in [-0.4, -0.2) is 31.8 Å². The normalized spacial score (nSPS) is 10.7. The molecule has 0 fully saturated rings. The van der Waals surface area contributed by atoms with Gasteiger partial charge in [0.05, 0.1) is 25.5 Å². The van der Waals surface area contributed by atoms with Gasteiger partial charge in [-0.1, -0.05) is 18.6 Å². The van der Waals surface area contributed by atoms with Crippen molar-refractivity contribution in [3.63, 3.8) is 0 Å². The highest BCUT2D eigenvalue weighted by molar-refractivity contribution is 5.09. The van der Waals surface area contributed by atoms with Crippen LogP contribution in [0.4, 0.5) is 0 Å². The summed E-state index contributed by atoms with van der Waals surface area (Å²) < 4.78 is 1.65. The lowest BCUT2D eigenvalue weighted by molar-refractivity contribution is 0.264. The highest BCUT2D eigenvalue weighted by atomic mass is 16.3. The van der Waals surface area contributed by atoms with Crippen molar-refractivity contribution in [3.8, 4) is 0 Å². The van der Waals surface area contributed by atoms with E-state index in [1.807, 2.05) is 0 Å². The number of aliphatic hydroxyl groups excluding tert-OH is 2. The molecule has 0 aliphatic heterocycles. The predicted molar refractivity (Wildman–Crippen MR) is 47.0 cm³/mol. The molecule has 0 spiro atoms. The second-order valence-electron chi connectivity index (χ2n) is 2.84. The van der Waals surface area contributed by atoms with Gasteiger partial charge in [-0.2, -0.15) is 0 Å². The molecule has 0 unspecified atom stereocenters. The molecular formula is C8H15N3O2. The summed E-state index contributed by atoms with van der Waals surface area (Å²) in [6.07, 6.45) is 1.81. The molecule has 0 saturated heterocycles. The van der Waals surface area contributed by atoms with Crippen LogP contribution in [0.5, 0.6) is 0 Å². The molecule has 2 N–H and O–H groups in total. The first-order valence-electron chi connectivity index (χ1n) is 4.46. The van der Waals surface area contributed by atoms with Gasteiger partial charge in [0.15, 0.2) is 0 Å². The summed E-state index contributed by atoms with van der Waals surface area (Å²) >= 11 is 0. The van der Waals surface area contributed by atoms with Crippen LogP contribution in [0.15, 0.2) is 0 Å². The summed E-state index contributed by atoms with van der Waals surface area (Å²) in [7, 11) is 0. The van der Waals surface area contributed by atoms with E-state index in [0.717, 1.165) is 18.5 Å². The molecule has 5 heteroatoms. The summed E-state index contributed by atoms with van der Waals surface area (Å²) in [6, 6.07) is 0. The van der Waals surface area contributed by atoms with Crippen LogP contribution >= 0.6 is 0 Å². The molecule has 0 radical (unpaired) electrons. The molecule has 5 nitrogen and oxygen atoms in total. The molecule has 0 amide bonds. The van der Waals surface area contributed by atoms with Crippen LogP contribution in [0.25, 0.3) is 0 Å². The van der Waals surface area contributed by atoms with Crippen molar-refractivity contribution in [1.29, 1.82) is 0 Å². The summed E-state index contributed by atoms with van der Waals surface area (Å²) in [4.78, 5) is 0. The van der Waals surface area contributed by atoms with Gasteiger partial charge in [-0.3, -0.25) is 0 Å². The fraction of sp³-hybridized carbons (Fsp3) is 0.750. The molecule has 0 aromatic carbocycles. The molecule has 1 rings (SSSR count). The van der Waals surface area contributed by atoms with Crippen LogP contribution in [0.2, 0.25) is 0 Å². The topological polar surface area (TPSA) is 71.2 Å². The zero-order valence-corrected chi connectivity index (χ0v) is 7.77. The minimum absolute atomic E-state index is 0.0466. The van der Waals surface area contributed by atoms with Gasteiger partial charge in [0.25, 0.3) is 0 Å². The molecule has 1 heterocycles. The summed E-state index contributed by atoms with van der Waals surface area (Å²) in [6.45, 7) is 2.46. The number of aliphatic hydroxyl groups is 2. The van der Waals surface area contributed by atoms with E-state index in [4.69, 9.17) is 10.2 Å². The largest absolute Gasteiger partial charge is 0.394 e. The Hall–Kier alpha value is -0.940. The number of hydrogen-bond acceptors (Lipinski definition) is 4. The summed E-state index contributed by atoms with van der Waals surface area (Å²) in [5.74, 6) is 0. The maximum absolute atomic E-state index is 8.95. The minimum atomic E-state index is -0.0826. The molecule has 1 aromatic rings. The van der Waals surface area contributed by atoms with E-state index in [1.165, 1.54) is 0 Å². The maximum Gasteiger partial charge on any atom is 0.111 e. The average Bonchev–Trinajstić information content (AvgIpc) is 2.50. The van der Waals surface area contributed by atoms with Crippen molar-refractivity contribution >= 4 is 0 Å². The number of rotatable bonds is 5. The SMILES string of the molecule is CCCc1c(CO)nnn1CCO. The molecule has 0 atom stereocenters. The van der Waals surface area contributed by atoms with Crippen LogP contribution in [0, 0.1) is 0 Å². The standard InChI is InChI=1S/C8H15N3O2/c1-2-3-8-7(6-13)9-10-11(8)4-5-12/h12-13H,2-6H2,1H3. The van der Waals surface area contributed by atoms with E-state index >= 15 is 0 Å². The fourth-order valence-corrected chi connectivity index (χ4v) is 1.28. The highest BCUT2D eigenvalue weighted by Crippen LogP contribution is 2.07. The fourth-order valence-electron chi connectivity index (χ4n) is 1.28. The van der Waals surface area contributed by atoms with Gasteiger partial charge in [-0.15, -0.1) is 5.10 Å². The molecule has 0 aliphatic rings. The van der Waals surface area contributed by atoms with E-state index in [-0.39, 0.29) is 13.2 Å². The van der Waals surface area contributed by atoms with Gasteiger partial charge in [0, 0.05) is 0 Å².